The van der Waals surface area contributed by atoms with Gasteiger partial charge in [-0.3, -0.25) is 0 Å². The Bertz CT molecular complexity index is 508. The number of fused-ring (bicyclic) bond motifs is 1. The lowest BCUT2D eigenvalue weighted by Gasteiger charge is -2.34. The van der Waals surface area contributed by atoms with E-state index in [9.17, 15) is 4.79 Å². The molecule has 3 aliphatic heterocycles. The normalized spacial score (nSPS) is 43.2. The van der Waals surface area contributed by atoms with Crippen LogP contribution in [0.15, 0.2) is 0 Å². The lowest BCUT2D eigenvalue weighted by Crippen LogP contribution is -2.43. The second kappa shape index (κ2) is 5.66. The minimum Gasteiger partial charge on any atom is -0.455 e. The highest BCUT2D eigenvalue weighted by molar-refractivity contribution is 5.78. The summed E-state index contributed by atoms with van der Waals surface area (Å²) in [5.74, 6) is -1.34. The van der Waals surface area contributed by atoms with Crippen LogP contribution in [-0.4, -0.2) is 48.6 Å². The molecule has 2 spiro atoms. The summed E-state index contributed by atoms with van der Waals surface area (Å²) < 4.78 is 30.2. The van der Waals surface area contributed by atoms with Crippen molar-refractivity contribution < 1.29 is 28.5 Å². The Hall–Kier alpha value is -0.690. The van der Waals surface area contributed by atoms with E-state index in [1.807, 2.05) is 0 Å². The average molecular weight is 338 g/mol. The van der Waals surface area contributed by atoms with Gasteiger partial charge in [-0.25, -0.2) is 4.79 Å². The highest BCUT2D eigenvalue weighted by atomic mass is 16.8. The molecule has 3 unspecified atom stereocenters. The summed E-state index contributed by atoms with van der Waals surface area (Å²) in [5, 5.41) is 0. The quantitative estimate of drug-likeness (QED) is 0.684. The fourth-order valence-electron chi connectivity index (χ4n) is 5.03. The van der Waals surface area contributed by atoms with Crippen molar-refractivity contribution in [3.63, 3.8) is 0 Å². The van der Waals surface area contributed by atoms with Crippen LogP contribution in [0.4, 0.5) is 0 Å². The average Bonchev–Trinajstić information content (AvgIpc) is 3.24. The Balaban J connectivity index is 1.31. The number of hydrogen-bond donors (Lipinski definition) is 0. The van der Waals surface area contributed by atoms with Crippen LogP contribution in [0.2, 0.25) is 0 Å². The first kappa shape index (κ1) is 15.6. The maximum atomic E-state index is 12.3. The molecule has 0 aromatic heterocycles. The molecule has 0 aromatic carbocycles. The standard InChI is InChI=1S/C18H26O6/c19-16-15-14(23-18(24-15)9-5-2-6-10-18)13(21-16)12-11-20-17(22-12)7-3-1-4-8-17/h12-15H,1-11H2/t12-,13?,14?,15?/m1/s1. The number of ether oxygens (including phenoxy) is 5. The molecule has 24 heavy (non-hydrogen) atoms. The summed E-state index contributed by atoms with van der Waals surface area (Å²) in [7, 11) is 0. The second-order valence-corrected chi connectivity index (χ2v) is 7.93. The third-order valence-electron chi connectivity index (χ3n) is 6.27. The zero-order chi connectivity index (χ0) is 16.2. The molecule has 0 amide bonds. The molecule has 6 heteroatoms. The predicted octanol–water partition coefficient (Wildman–Crippen LogP) is 2.43. The van der Waals surface area contributed by atoms with E-state index in [0.717, 1.165) is 51.4 Å². The number of carbonyl (C=O) groups is 1. The van der Waals surface area contributed by atoms with E-state index < -0.39 is 23.8 Å². The summed E-state index contributed by atoms with van der Waals surface area (Å²) in [5.41, 5.74) is 0. The van der Waals surface area contributed by atoms with Gasteiger partial charge in [0.2, 0.25) is 0 Å². The van der Waals surface area contributed by atoms with Gasteiger partial charge in [-0.15, -0.1) is 0 Å². The number of carbonyl (C=O) groups excluding carboxylic acids is 1. The van der Waals surface area contributed by atoms with Crippen molar-refractivity contribution in [2.24, 2.45) is 0 Å². The van der Waals surface area contributed by atoms with Gasteiger partial charge < -0.3 is 23.7 Å². The van der Waals surface area contributed by atoms with Gasteiger partial charge in [0.1, 0.15) is 12.2 Å². The monoisotopic (exact) mass is 338 g/mol. The summed E-state index contributed by atoms with van der Waals surface area (Å²) in [6.07, 6.45) is 8.87. The van der Waals surface area contributed by atoms with Crippen molar-refractivity contribution in [1.82, 2.24) is 0 Å². The molecule has 3 saturated heterocycles. The topological polar surface area (TPSA) is 63.2 Å². The molecule has 3 heterocycles. The van der Waals surface area contributed by atoms with Crippen molar-refractivity contribution in [2.75, 3.05) is 6.61 Å². The van der Waals surface area contributed by atoms with E-state index in [2.05, 4.69) is 0 Å². The summed E-state index contributed by atoms with van der Waals surface area (Å²) in [6.45, 7) is 0.470. The number of hydrogen-bond acceptors (Lipinski definition) is 6. The zero-order valence-corrected chi connectivity index (χ0v) is 14.0. The third-order valence-corrected chi connectivity index (χ3v) is 6.27. The van der Waals surface area contributed by atoms with Crippen LogP contribution in [-0.2, 0) is 28.5 Å². The molecule has 6 nitrogen and oxygen atoms in total. The van der Waals surface area contributed by atoms with Crippen molar-refractivity contribution >= 4 is 5.97 Å². The maximum Gasteiger partial charge on any atom is 0.338 e. The van der Waals surface area contributed by atoms with E-state index >= 15 is 0 Å². The van der Waals surface area contributed by atoms with Crippen LogP contribution < -0.4 is 0 Å². The first-order valence-electron chi connectivity index (χ1n) is 9.57. The Morgan fingerprint density at radius 3 is 2.12 bits per heavy atom. The molecule has 134 valence electrons. The number of esters is 1. The molecular formula is C18H26O6. The lowest BCUT2D eigenvalue weighted by molar-refractivity contribution is -0.230. The van der Waals surface area contributed by atoms with Gasteiger partial charge in [0.05, 0.1) is 6.61 Å². The first-order chi connectivity index (χ1) is 11.7. The van der Waals surface area contributed by atoms with Crippen LogP contribution in [0.1, 0.15) is 64.2 Å². The third kappa shape index (κ3) is 2.42. The summed E-state index contributed by atoms with van der Waals surface area (Å²) in [6, 6.07) is 0. The summed E-state index contributed by atoms with van der Waals surface area (Å²) in [4.78, 5) is 12.3. The van der Waals surface area contributed by atoms with E-state index in [4.69, 9.17) is 23.7 Å². The van der Waals surface area contributed by atoms with E-state index in [1.54, 1.807) is 0 Å². The fourth-order valence-corrected chi connectivity index (χ4v) is 5.03. The molecule has 4 atom stereocenters. The number of rotatable bonds is 1. The van der Waals surface area contributed by atoms with Gasteiger partial charge in [0, 0.05) is 25.7 Å². The molecule has 0 N–H and O–H groups in total. The number of cyclic esters (lactones) is 1. The minimum atomic E-state index is -0.598. The van der Waals surface area contributed by atoms with E-state index in [0.29, 0.717) is 6.61 Å². The van der Waals surface area contributed by atoms with Crippen molar-refractivity contribution in [2.45, 2.75) is 100 Å². The molecule has 5 fully saturated rings. The van der Waals surface area contributed by atoms with Crippen molar-refractivity contribution in [3.05, 3.63) is 0 Å². The SMILES string of the molecule is O=C1OC([C@H]2COC3(CCCCC3)O2)C2OC3(CCCCC3)OC12. The van der Waals surface area contributed by atoms with Gasteiger partial charge in [-0.05, 0) is 25.7 Å². The van der Waals surface area contributed by atoms with E-state index in [-0.39, 0.29) is 18.2 Å². The molecule has 0 bridgehead atoms. The maximum absolute atomic E-state index is 12.3. The van der Waals surface area contributed by atoms with Crippen LogP contribution in [0, 0.1) is 0 Å². The molecular weight excluding hydrogens is 312 g/mol. The lowest BCUT2D eigenvalue weighted by atomic mass is 9.94. The smallest absolute Gasteiger partial charge is 0.338 e. The highest BCUT2D eigenvalue weighted by Gasteiger charge is 2.62. The Morgan fingerprint density at radius 1 is 0.750 bits per heavy atom. The van der Waals surface area contributed by atoms with Gasteiger partial charge in [0.25, 0.3) is 0 Å². The molecule has 2 aliphatic carbocycles. The highest BCUT2D eigenvalue weighted by Crippen LogP contribution is 2.47. The van der Waals surface area contributed by atoms with Gasteiger partial charge in [-0.1, -0.05) is 12.8 Å². The molecule has 2 saturated carbocycles. The predicted molar refractivity (Wildman–Crippen MR) is 82.1 cm³/mol. The Kier molecular flexibility index (Phi) is 3.67. The Morgan fingerprint density at radius 2 is 1.42 bits per heavy atom. The molecule has 0 radical (unpaired) electrons. The van der Waals surface area contributed by atoms with Gasteiger partial charge in [0.15, 0.2) is 23.8 Å². The van der Waals surface area contributed by atoms with Crippen molar-refractivity contribution in [3.8, 4) is 0 Å². The zero-order valence-electron chi connectivity index (χ0n) is 14.0. The largest absolute Gasteiger partial charge is 0.455 e. The molecule has 0 aromatic rings. The first-order valence-corrected chi connectivity index (χ1v) is 9.57. The molecule has 5 aliphatic rings. The van der Waals surface area contributed by atoms with Crippen molar-refractivity contribution in [1.29, 1.82) is 0 Å². The molecule has 5 rings (SSSR count). The fraction of sp³-hybridized carbons (Fsp3) is 0.944. The Labute approximate surface area is 142 Å². The second-order valence-electron chi connectivity index (χ2n) is 7.93. The van der Waals surface area contributed by atoms with Gasteiger partial charge in [-0.2, -0.15) is 0 Å². The summed E-state index contributed by atoms with van der Waals surface area (Å²) >= 11 is 0. The van der Waals surface area contributed by atoms with Crippen LogP contribution >= 0.6 is 0 Å². The van der Waals surface area contributed by atoms with Gasteiger partial charge >= 0.3 is 5.97 Å². The van der Waals surface area contributed by atoms with Crippen LogP contribution in [0.5, 0.6) is 0 Å². The van der Waals surface area contributed by atoms with Crippen LogP contribution in [0.25, 0.3) is 0 Å². The minimum absolute atomic E-state index is 0.246. The van der Waals surface area contributed by atoms with E-state index in [1.165, 1.54) is 12.8 Å². The van der Waals surface area contributed by atoms with Crippen LogP contribution in [0.3, 0.4) is 0 Å².